The van der Waals surface area contributed by atoms with Gasteiger partial charge in [-0.1, -0.05) is 19.9 Å². The van der Waals surface area contributed by atoms with Gasteiger partial charge in [0.25, 0.3) is 0 Å². The molecule has 4 aromatic rings. The number of pyridine rings is 1. The lowest BCUT2D eigenvalue weighted by Gasteiger charge is -2.13. The number of carbonyl (C=O) groups is 1. The second-order valence-corrected chi connectivity index (χ2v) is 8.50. The number of nitrogens with zero attached hydrogens (tertiary/aromatic N) is 2. The molecule has 4 rings (SSSR count). The van der Waals surface area contributed by atoms with Crippen LogP contribution in [0.2, 0.25) is 0 Å². The Balaban J connectivity index is 1.50. The van der Waals surface area contributed by atoms with Gasteiger partial charge in [0.2, 0.25) is 0 Å². The van der Waals surface area contributed by atoms with Crippen LogP contribution in [-0.2, 0) is 22.6 Å². The molecular formula is C24H22N2O4S. The minimum absolute atomic E-state index is 0.00123. The SMILES string of the molecule is Cc1cc2oc(=O)cc(COC(=O)Cc3csc(-c4ccccn4)n3)c2cc1C(C)C. The third-order valence-electron chi connectivity index (χ3n) is 4.99. The highest BCUT2D eigenvalue weighted by atomic mass is 32.1. The quantitative estimate of drug-likeness (QED) is 0.313. The normalized spacial score (nSPS) is 11.2. The summed E-state index contributed by atoms with van der Waals surface area (Å²) in [5, 5.41) is 3.37. The zero-order chi connectivity index (χ0) is 22.0. The maximum Gasteiger partial charge on any atom is 0.336 e. The molecule has 0 aliphatic heterocycles. The van der Waals surface area contributed by atoms with E-state index in [1.54, 1.807) is 6.20 Å². The van der Waals surface area contributed by atoms with Gasteiger partial charge >= 0.3 is 11.6 Å². The molecule has 0 amide bonds. The highest BCUT2D eigenvalue weighted by Gasteiger charge is 2.14. The summed E-state index contributed by atoms with van der Waals surface area (Å²) in [4.78, 5) is 33.1. The summed E-state index contributed by atoms with van der Waals surface area (Å²) in [6, 6.07) is 10.9. The number of carbonyl (C=O) groups excluding carboxylic acids is 1. The van der Waals surface area contributed by atoms with Crippen LogP contribution in [0, 0.1) is 6.92 Å². The first kappa shape index (κ1) is 20.9. The van der Waals surface area contributed by atoms with Crippen LogP contribution in [0.3, 0.4) is 0 Å². The molecule has 0 saturated heterocycles. The molecule has 0 bridgehead atoms. The number of esters is 1. The maximum absolute atomic E-state index is 12.4. The summed E-state index contributed by atoms with van der Waals surface area (Å²) in [6.07, 6.45) is 1.76. The van der Waals surface area contributed by atoms with Crippen LogP contribution in [0.1, 0.15) is 42.1 Å². The van der Waals surface area contributed by atoms with Gasteiger partial charge in [0.1, 0.15) is 17.2 Å². The highest BCUT2D eigenvalue weighted by Crippen LogP contribution is 2.27. The average molecular weight is 435 g/mol. The van der Waals surface area contributed by atoms with Gasteiger partial charge in [-0.15, -0.1) is 11.3 Å². The lowest BCUT2D eigenvalue weighted by Crippen LogP contribution is -2.10. The van der Waals surface area contributed by atoms with Crippen molar-refractivity contribution in [3.63, 3.8) is 0 Å². The van der Waals surface area contributed by atoms with Crippen molar-refractivity contribution in [3.05, 3.63) is 80.8 Å². The molecule has 0 unspecified atom stereocenters. The lowest BCUT2D eigenvalue weighted by molar-refractivity contribution is -0.144. The van der Waals surface area contributed by atoms with Crippen molar-refractivity contribution in [1.82, 2.24) is 9.97 Å². The predicted octanol–water partition coefficient (Wildman–Crippen LogP) is 5.03. The molecule has 1 aromatic carbocycles. The Bertz CT molecular complexity index is 1290. The van der Waals surface area contributed by atoms with Crippen LogP contribution in [0.5, 0.6) is 0 Å². The Hall–Kier alpha value is -3.32. The Morgan fingerprint density at radius 1 is 1.23 bits per heavy atom. The Morgan fingerprint density at radius 3 is 2.81 bits per heavy atom. The van der Waals surface area contributed by atoms with E-state index in [9.17, 15) is 9.59 Å². The van der Waals surface area contributed by atoms with Crippen LogP contribution in [0.15, 0.2) is 57.2 Å². The molecule has 0 saturated carbocycles. The van der Waals surface area contributed by atoms with Gasteiger partial charge in [-0.05, 0) is 48.2 Å². The second kappa shape index (κ2) is 8.81. The van der Waals surface area contributed by atoms with Gasteiger partial charge in [0.15, 0.2) is 0 Å². The molecule has 0 fully saturated rings. The van der Waals surface area contributed by atoms with Crippen molar-refractivity contribution in [2.75, 3.05) is 0 Å². The number of benzene rings is 1. The lowest BCUT2D eigenvalue weighted by atomic mass is 9.95. The van der Waals surface area contributed by atoms with Gasteiger partial charge in [0.05, 0.1) is 17.8 Å². The predicted molar refractivity (Wildman–Crippen MR) is 120 cm³/mol. The minimum Gasteiger partial charge on any atom is -0.460 e. The number of aryl methyl sites for hydroxylation is 1. The number of hydrogen-bond acceptors (Lipinski definition) is 7. The van der Waals surface area contributed by atoms with Crippen molar-refractivity contribution >= 4 is 28.3 Å². The third kappa shape index (κ3) is 4.72. The molecule has 7 heteroatoms. The zero-order valence-corrected chi connectivity index (χ0v) is 18.4. The third-order valence-corrected chi connectivity index (χ3v) is 5.90. The number of fused-ring (bicyclic) bond motifs is 1. The fourth-order valence-corrected chi connectivity index (χ4v) is 4.28. The summed E-state index contributed by atoms with van der Waals surface area (Å²) >= 11 is 1.43. The van der Waals surface area contributed by atoms with Crippen molar-refractivity contribution in [1.29, 1.82) is 0 Å². The van der Waals surface area contributed by atoms with E-state index >= 15 is 0 Å². The maximum atomic E-state index is 12.4. The average Bonchev–Trinajstić information content (AvgIpc) is 3.20. The van der Waals surface area contributed by atoms with E-state index in [1.807, 2.05) is 42.6 Å². The summed E-state index contributed by atoms with van der Waals surface area (Å²) < 4.78 is 10.8. The number of ether oxygens (including phenoxy) is 1. The monoisotopic (exact) mass is 434 g/mol. The smallest absolute Gasteiger partial charge is 0.336 e. The van der Waals surface area contributed by atoms with E-state index in [4.69, 9.17) is 9.15 Å². The number of thiazole rings is 1. The summed E-state index contributed by atoms with van der Waals surface area (Å²) in [6.45, 7) is 6.22. The Morgan fingerprint density at radius 2 is 2.06 bits per heavy atom. The number of hydrogen-bond donors (Lipinski definition) is 0. The molecule has 0 aliphatic rings. The van der Waals surface area contributed by atoms with Crippen LogP contribution in [0.4, 0.5) is 0 Å². The molecule has 0 atom stereocenters. The van der Waals surface area contributed by atoms with Crippen LogP contribution < -0.4 is 5.63 Å². The fourth-order valence-electron chi connectivity index (χ4n) is 3.49. The Kier molecular flexibility index (Phi) is 5.95. The molecule has 31 heavy (non-hydrogen) atoms. The Labute approximate surface area is 183 Å². The van der Waals surface area contributed by atoms with Gasteiger partial charge in [0, 0.05) is 28.6 Å². The van der Waals surface area contributed by atoms with Crippen LogP contribution >= 0.6 is 11.3 Å². The fraction of sp³-hybridized carbons (Fsp3) is 0.250. The van der Waals surface area contributed by atoms with Gasteiger partial charge < -0.3 is 9.15 Å². The van der Waals surface area contributed by atoms with E-state index < -0.39 is 11.6 Å². The van der Waals surface area contributed by atoms with E-state index in [1.165, 1.54) is 23.0 Å². The molecule has 3 heterocycles. The van der Waals surface area contributed by atoms with Crippen LogP contribution in [-0.4, -0.2) is 15.9 Å². The van der Waals surface area contributed by atoms with Crippen molar-refractivity contribution in [2.24, 2.45) is 0 Å². The van der Waals surface area contributed by atoms with Gasteiger partial charge in [-0.3, -0.25) is 9.78 Å². The van der Waals surface area contributed by atoms with E-state index in [0.717, 1.165) is 21.7 Å². The molecular weight excluding hydrogens is 412 g/mol. The molecule has 158 valence electrons. The standard InChI is InChI=1S/C24H22N2O4S/c1-14(2)18-11-19-16(9-23(28)30-21(19)8-15(18)3)12-29-22(27)10-17-13-31-24(26-17)20-6-4-5-7-25-20/h4-9,11,13-14H,10,12H2,1-3H3. The zero-order valence-electron chi connectivity index (χ0n) is 17.5. The molecule has 3 aromatic heterocycles. The van der Waals surface area contributed by atoms with Crippen molar-refractivity contribution in [2.45, 2.75) is 39.7 Å². The second-order valence-electron chi connectivity index (χ2n) is 7.65. The number of aromatic nitrogens is 2. The first-order valence-electron chi connectivity index (χ1n) is 9.99. The van der Waals surface area contributed by atoms with E-state index in [2.05, 4.69) is 23.8 Å². The molecule has 0 radical (unpaired) electrons. The highest BCUT2D eigenvalue weighted by molar-refractivity contribution is 7.13. The topological polar surface area (TPSA) is 82.3 Å². The van der Waals surface area contributed by atoms with Crippen molar-refractivity contribution in [3.8, 4) is 10.7 Å². The summed E-state index contributed by atoms with van der Waals surface area (Å²) in [5.41, 5.74) is 4.30. The minimum atomic E-state index is -0.463. The summed E-state index contributed by atoms with van der Waals surface area (Å²) in [5.74, 6) is -0.0832. The van der Waals surface area contributed by atoms with Gasteiger partial charge in [-0.25, -0.2) is 9.78 Å². The number of rotatable bonds is 6. The molecule has 0 N–H and O–H groups in total. The largest absolute Gasteiger partial charge is 0.460 e. The molecule has 0 aliphatic carbocycles. The molecule has 0 spiro atoms. The first-order chi connectivity index (χ1) is 14.9. The van der Waals surface area contributed by atoms with E-state index in [-0.39, 0.29) is 13.0 Å². The molecule has 6 nitrogen and oxygen atoms in total. The van der Waals surface area contributed by atoms with Crippen LogP contribution in [0.25, 0.3) is 21.7 Å². The van der Waals surface area contributed by atoms with Gasteiger partial charge in [-0.2, -0.15) is 0 Å². The summed E-state index contributed by atoms with van der Waals surface area (Å²) in [7, 11) is 0. The first-order valence-corrected chi connectivity index (χ1v) is 10.9. The van der Waals surface area contributed by atoms with Crippen molar-refractivity contribution < 1.29 is 13.9 Å². The van der Waals surface area contributed by atoms with E-state index in [0.29, 0.717) is 22.8 Å².